The second-order valence-corrected chi connectivity index (χ2v) is 2.40. The standard InChI is InChI=1S/C8H12N2O/c1-4-6(2)9-8-5-7(3)11-10-8/h5H,2,4H2,1,3H3,(H,9,10). The van der Waals surface area contributed by atoms with Crippen LogP contribution in [0.5, 0.6) is 0 Å². The summed E-state index contributed by atoms with van der Waals surface area (Å²) in [5, 5.41) is 6.77. The minimum atomic E-state index is 0.731. The third kappa shape index (κ3) is 2.11. The molecular formula is C8H12N2O. The normalized spacial score (nSPS) is 9.64. The fourth-order valence-corrected chi connectivity index (χ4v) is 0.695. The van der Waals surface area contributed by atoms with Crippen LogP contribution in [0.1, 0.15) is 19.1 Å². The van der Waals surface area contributed by atoms with Gasteiger partial charge in [-0.3, -0.25) is 0 Å². The molecule has 0 radical (unpaired) electrons. The topological polar surface area (TPSA) is 38.1 Å². The minimum Gasteiger partial charge on any atom is -0.360 e. The molecule has 0 unspecified atom stereocenters. The van der Waals surface area contributed by atoms with Gasteiger partial charge in [0.15, 0.2) is 5.82 Å². The van der Waals surface area contributed by atoms with Crippen LogP contribution in [0.3, 0.4) is 0 Å². The number of nitrogens with one attached hydrogen (secondary N) is 1. The van der Waals surface area contributed by atoms with Gasteiger partial charge in [0.2, 0.25) is 0 Å². The first kappa shape index (κ1) is 7.85. The highest BCUT2D eigenvalue weighted by atomic mass is 16.5. The fourth-order valence-electron chi connectivity index (χ4n) is 0.695. The molecule has 3 nitrogen and oxygen atoms in total. The third-order valence-corrected chi connectivity index (χ3v) is 1.36. The molecule has 60 valence electrons. The second kappa shape index (κ2) is 3.23. The van der Waals surface area contributed by atoms with E-state index in [-0.39, 0.29) is 0 Å². The SMILES string of the molecule is C=C(CC)Nc1cc(C)on1. The largest absolute Gasteiger partial charge is 0.360 e. The Morgan fingerprint density at radius 1 is 1.82 bits per heavy atom. The maximum Gasteiger partial charge on any atom is 0.173 e. The van der Waals surface area contributed by atoms with E-state index in [4.69, 9.17) is 4.52 Å². The molecule has 0 aliphatic rings. The summed E-state index contributed by atoms with van der Waals surface area (Å²) < 4.78 is 4.86. The smallest absolute Gasteiger partial charge is 0.173 e. The first-order valence-electron chi connectivity index (χ1n) is 3.60. The van der Waals surface area contributed by atoms with Crippen molar-refractivity contribution in [3.05, 3.63) is 24.1 Å². The molecule has 0 atom stereocenters. The van der Waals surface area contributed by atoms with Crippen molar-refractivity contribution in [1.82, 2.24) is 5.16 Å². The summed E-state index contributed by atoms with van der Waals surface area (Å²) in [6.07, 6.45) is 0.895. The Labute approximate surface area is 66.1 Å². The summed E-state index contributed by atoms with van der Waals surface area (Å²) in [6.45, 7) is 7.67. The van der Waals surface area contributed by atoms with Crippen molar-refractivity contribution in [2.24, 2.45) is 0 Å². The van der Waals surface area contributed by atoms with Crippen LogP contribution in [0.4, 0.5) is 5.82 Å². The maximum atomic E-state index is 4.86. The molecule has 0 amide bonds. The molecule has 0 saturated heterocycles. The van der Waals surface area contributed by atoms with Crippen LogP contribution in [0.2, 0.25) is 0 Å². The lowest BCUT2D eigenvalue weighted by atomic mass is 10.4. The maximum absolute atomic E-state index is 4.86. The zero-order valence-corrected chi connectivity index (χ0v) is 6.85. The van der Waals surface area contributed by atoms with Gasteiger partial charge in [0, 0.05) is 11.8 Å². The lowest BCUT2D eigenvalue weighted by Gasteiger charge is -2.00. The Morgan fingerprint density at radius 3 is 3.00 bits per heavy atom. The number of hydrogen-bond donors (Lipinski definition) is 1. The Bertz CT molecular complexity index is 252. The van der Waals surface area contributed by atoms with Crippen LogP contribution in [-0.2, 0) is 0 Å². The summed E-state index contributed by atoms with van der Waals surface area (Å²) in [6, 6.07) is 1.83. The van der Waals surface area contributed by atoms with Crippen molar-refractivity contribution in [3.63, 3.8) is 0 Å². The molecule has 1 aromatic rings. The molecule has 0 aliphatic heterocycles. The highest BCUT2D eigenvalue weighted by Crippen LogP contribution is 2.10. The molecule has 0 bridgehead atoms. The first-order valence-corrected chi connectivity index (χ1v) is 3.60. The summed E-state index contributed by atoms with van der Waals surface area (Å²) >= 11 is 0. The average molecular weight is 152 g/mol. The van der Waals surface area contributed by atoms with E-state index in [1.165, 1.54) is 0 Å². The summed E-state index contributed by atoms with van der Waals surface area (Å²) in [7, 11) is 0. The van der Waals surface area contributed by atoms with Crippen molar-refractivity contribution in [3.8, 4) is 0 Å². The van der Waals surface area contributed by atoms with Crippen molar-refractivity contribution in [1.29, 1.82) is 0 Å². The molecule has 11 heavy (non-hydrogen) atoms. The van der Waals surface area contributed by atoms with Gasteiger partial charge >= 0.3 is 0 Å². The van der Waals surface area contributed by atoms with E-state index in [0.717, 1.165) is 23.7 Å². The molecule has 3 heteroatoms. The molecule has 0 saturated carbocycles. The number of rotatable bonds is 3. The summed E-state index contributed by atoms with van der Waals surface area (Å²) in [4.78, 5) is 0. The van der Waals surface area contributed by atoms with Gasteiger partial charge in [-0.05, 0) is 13.3 Å². The molecule has 0 spiro atoms. The Hall–Kier alpha value is -1.25. The summed E-state index contributed by atoms with van der Waals surface area (Å²) in [5.41, 5.74) is 0.943. The van der Waals surface area contributed by atoms with Gasteiger partial charge in [-0.15, -0.1) is 0 Å². The number of hydrogen-bond acceptors (Lipinski definition) is 3. The monoisotopic (exact) mass is 152 g/mol. The molecule has 0 aliphatic carbocycles. The Morgan fingerprint density at radius 2 is 2.55 bits per heavy atom. The third-order valence-electron chi connectivity index (χ3n) is 1.36. The van der Waals surface area contributed by atoms with E-state index in [9.17, 15) is 0 Å². The van der Waals surface area contributed by atoms with E-state index in [2.05, 4.69) is 17.1 Å². The minimum absolute atomic E-state index is 0.731. The lowest BCUT2D eigenvalue weighted by Crippen LogP contribution is -1.95. The molecular weight excluding hydrogens is 140 g/mol. The van der Waals surface area contributed by atoms with Gasteiger partial charge in [0.1, 0.15) is 5.76 Å². The van der Waals surface area contributed by atoms with Gasteiger partial charge in [-0.25, -0.2) is 0 Å². The molecule has 1 rings (SSSR count). The predicted molar refractivity (Wildman–Crippen MR) is 44.3 cm³/mol. The van der Waals surface area contributed by atoms with Gasteiger partial charge in [0.05, 0.1) is 0 Å². The highest BCUT2D eigenvalue weighted by Gasteiger charge is 1.98. The number of aryl methyl sites for hydroxylation is 1. The lowest BCUT2D eigenvalue weighted by molar-refractivity contribution is 0.400. The van der Waals surface area contributed by atoms with Gasteiger partial charge in [-0.2, -0.15) is 0 Å². The van der Waals surface area contributed by atoms with Gasteiger partial charge in [0.25, 0.3) is 0 Å². The predicted octanol–water partition coefficient (Wildman–Crippen LogP) is 2.32. The van der Waals surface area contributed by atoms with E-state index in [1.807, 2.05) is 19.9 Å². The fraction of sp³-hybridized carbons (Fsp3) is 0.375. The van der Waals surface area contributed by atoms with Gasteiger partial charge < -0.3 is 9.84 Å². The van der Waals surface area contributed by atoms with Crippen LogP contribution < -0.4 is 5.32 Å². The van der Waals surface area contributed by atoms with Crippen LogP contribution in [0.25, 0.3) is 0 Å². The van der Waals surface area contributed by atoms with Crippen molar-refractivity contribution in [2.75, 3.05) is 5.32 Å². The average Bonchev–Trinajstić information content (AvgIpc) is 2.35. The van der Waals surface area contributed by atoms with Crippen molar-refractivity contribution in [2.45, 2.75) is 20.3 Å². The number of nitrogens with zero attached hydrogens (tertiary/aromatic N) is 1. The molecule has 0 aromatic carbocycles. The van der Waals surface area contributed by atoms with Crippen LogP contribution in [0, 0.1) is 6.92 Å². The molecule has 1 aromatic heterocycles. The van der Waals surface area contributed by atoms with Crippen LogP contribution in [-0.4, -0.2) is 5.16 Å². The highest BCUT2D eigenvalue weighted by molar-refractivity contribution is 5.39. The zero-order chi connectivity index (χ0) is 8.27. The molecule has 1 heterocycles. The first-order chi connectivity index (χ1) is 5.22. The number of aromatic nitrogens is 1. The summed E-state index contributed by atoms with van der Waals surface area (Å²) in [5.74, 6) is 1.53. The van der Waals surface area contributed by atoms with Crippen molar-refractivity contribution < 1.29 is 4.52 Å². The van der Waals surface area contributed by atoms with E-state index in [0.29, 0.717) is 0 Å². The van der Waals surface area contributed by atoms with E-state index >= 15 is 0 Å². The van der Waals surface area contributed by atoms with Crippen LogP contribution in [0.15, 0.2) is 22.9 Å². The number of allylic oxidation sites excluding steroid dienone is 1. The quantitative estimate of drug-likeness (QED) is 0.722. The second-order valence-electron chi connectivity index (χ2n) is 2.40. The number of anilines is 1. The van der Waals surface area contributed by atoms with E-state index in [1.54, 1.807) is 0 Å². The molecule has 1 N–H and O–H groups in total. The van der Waals surface area contributed by atoms with Crippen LogP contribution >= 0.6 is 0 Å². The zero-order valence-electron chi connectivity index (χ0n) is 6.85. The van der Waals surface area contributed by atoms with E-state index < -0.39 is 0 Å². The Balaban J connectivity index is 2.57. The van der Waals surface area contributed by atoms with Crippen molar-refractivity contribution >= 4 is 5.82 Å². The molecule has 0 fully saturated rings. The van der Waals surface area contributed by atoms with Gasteiger partial charge in [-0.1, -0.05) is 18.7 Å². The Kier molecular flexibility index (Phi) is 2.31.